The number of nitrogens with zero attached hydrogens (tertiary/aromatic N) is 3. The predicted molar refractivity (Wildman–Crippen MR) is 56.6 cm³/mol. The van der Waals surface area contributed by atoms with E-state index >= 15 is 0 Å². The van der Waals surface area contributed by atoms with Gasteiger partial charge in [0.15, 0.2) is 5.78 Å². The van der Waals surface area contributed by atoms with Crippen molar-refractivity contribution in [3.05, 3.63) is 11.9 Å². The van der Waals surface area contributed by atoms with E-state index in [0.29, 0.717) is 5.69 Å². The topological polar surface area (TPSA) is 47.8 Å². The van der Waals surface area contributed by atoms with Gasteiger partial charge in [0.2, 0.25) is 0 Å². The normalized spacial score (nSPS) is 17.1. The van der Waals surface area contributed by atoms with E-state index in [2.05, 4.69) is 17.2 Å². The summed E-state index contributed by atoms with van der Waals surface area (Å²) in [5, 5.41) is 7.77. The molecular weight excluding hydrogens is 190 g/mol. The second kappa shape index (κ2) is 4.55. The van der Waals surface area contributed by atoms with Gasteiger partial charge in [-0.05, 0) is 19.3 Å². The molecule has 0 unspecified atom stereocenters. The molecule has 1 aliphatic carbocycles. The second-order valence-electron chi connectivity index (χ2n) is 4.19. The molecule has 82 valence electrons. The first-order valence-electron chi connectivity index (χ1n) is 5.75. The first-order valence-corrected chi connectivity index (χ1v) is 5.75. The van der Waals surface area contributed by atoms with E-state index in [1.807, 2.05) is 0 Å². The second-order valence-corrected chi connectivity index (χ2v) is 4.19. The van der Waals surface area contributed by atoms with Gasteiger partial charge in [-0.25, -0.2) is 4.68 Å². The van der Waals surface area contributed by atoms with E-state index in [4.69, 9.17) is 0 Å². The number of aryl methyl sites for hydroxylation is 1. The number of aromatic nitrogens is 3. The number of Topliss-reactive ketones (excluding diaryl/α,β-unsaturated/α-hetero) is 1. The standard InChI is InChI=1S/C11H17N3O/c1-2-7-14-10(8-12-13-14)11(15)9-5-3-4-6-9/h8-9H,2-7H2,1H3. The van der Waals surface area contributed by atoms with Gasteiger partial charge < -0.3 is 0 Å². The Kier molecular flexibility index (Phi) is 3.14. The molecule has 0 radical (unpaired) electrons. The quantitative estimate of drug-likeness (QED) is 0.710. The summed E-state index contributed by atoms with van der Waals surface area (Å²) in [5.41, 5.74) is 0.698. The maximum Gasteiger partial charge on any atom is 0.185 e. The maximum atomic E-state index is 12.1. The number of hydrogen-bond donors (Lipinski definition) is 0. The van der Waals surface area contributed by atoms with Gasteiger partial charge in [-0.2, -0.15) is 0 Å². The smallest absolute Gasteiger partial charge is 0.185 e. The van der Waals surface area contributed by atoms with Crippen LogP contribution < -0.4 is 0 Å². The van der Waals surface area contributed by atoms with Gasteiger partial charge in [0.1, 0.15) is 5.69 Å². The summed E-state index contributed by atoms with van der Waals surface area (Å²) in [6.45, 7) is 2.86. The van der Waals surface area contributed by atoms with Gasteiger partial charge in [0.05, 0.1) is 6.20 Å². The van der Waals surface area contributed by atoms with Crippen LogP contribution in [-0.4, -0.2) is 20.8 Å². The Balaban J connectivity index is 2.13. The lowest BCUT2D eigenvalue weighted by Gasteiger charge is -2.08. The van der Waals surface area contributed by atoms with Crippen LogP contribution in [0.3, 0.4) is 0 Å². The summed E-state index contributed by atoms with van der Waals surface area (Å²) in [6.07, 6.45) is 7.04. The molecule has 4 nitrogen and oxygen atoms in total. The zero-order valence-electron chi connectivity index (χ0n) is 9.15. The van der Waals surface area contributed by atoms with Crippen LogP contribution in [0.2, 0.25) is 0 Å². The molecule has 0 aliphatic heterocycles. The summed E-state index contributed by atoms with van der Waals surface area (Å²) in [7, 11) is 0. The number of carbonyl (C=O) groups excluding carboxylic acids is 1. The van der Waals surface area contributed by atoms with Crippen molar-refractivity contribution in [3.63, 3.8) is 0 Å². The van der Waals surface area contributed by atoms with Gasteiger partial charge in [-0.15, -0.1) is 5.10 Å². The number of hydrogen-bond acceptors (Lipinski definition) is 3. The van der Waals surface area contributed by atoms with Crippen molar-refractivity contribution in [2.24, 2.45) is 5.92 Å². The predicted octanol–water partition coefficient (Wildman–Crippen LogP) is 2.06. The lowest BCUT2D eigenvalue weighted by molar-refractivity contribution is 0.0911. The van der Waals surface area contributed by atoms with Crippen molar-refractivity contribution in [2.45, 2.75) is 45.6 Å². The van der Waals surface area contributed by atoms with Crippen LogP contribution in [0, 0.1) is 5.92 Å². The third-order valence-corrected chi connectivity index (χ3v) is 3.03. The van der Waals surface area contributed by atoms with Gasteiger partial charge in [-0.1, -0.05) is 25.0 Å². The Labute approximate surface area is 89.7 Å². The van der Waals surface area contributed by atoms with E-state index in [9.17, 15) is 4.79 Å². The maximum absolute atomic E-state index is 12.1. The third-order valence-electron chi connectivity index (χ3n) is 3.03. The van der Waals surface area contributed by atoms with Crippen molar-refractivity contribution in [2.75, 3.05) is 0 Å². The molecule has 2 rings (SSSR count). The van der Waals surface area contributed by atoms with Crippen molar-refractivity contribution in [1.29, 1.82) is 0 Å². The minimum atomic E-state index is 0.221. The monoisotopic (exact) mass is 207 g/mol. The highest BCUT2D eigenvalue weighted by Gasteiger charge is 2.26. The molecule has 1 saturated carbocycles. The largest absolute Gasteiger partial charge is 0.292 e. The van der Waals surface area contributed by atoms with E-state index in [-0.39, 0.29) is 11.7 Å². The summed E-state index contributed by atoms with van der Waals surface area (Å²) < 4.78 is 1.74. The number of carbonyl (C=O) groups is 1. The summed E-state index contributed by atoms with van der Waals surface area (Å²) in [5.74, 6) is 0.463. The first kappa shape index (κ1) is 10.3. The Bertz CT molecular complexity index is 339. The molecule has 1 aliphatic rings. The summed E-state index contributed by atoms with van der Waals surface area (Å²) >= 11 is 0. The van der Waals surface area contributed by atoms with Crippen LogP contribution in [0.25, 0.3) is 0 Å². The minimum Gasteiger partial charge on any atom is -0.292 e. The van der Waals surface area contributed by atoms with Crippen molar-refractivity contribution in [3.8, 4) is 0 Å². The molecule has 15 heavy (non-hydrogen) atoms. The molecule has 4 heteroatoms. The molecule has 0 aromatic carbocycles. The van der Waals surface area contributed by atoms with Crippen LogP contribution in [0.4, 0.5) is 0 Å². The minimum absolute atomic E-state index is 0.221. The lowest BCUT2D eigenvalue weighted by atomic mass is 10.0. The molecule has 0 spiro atoms. The molecule has 1 aromatic heterocycles. The van der Waals surface area contributed by atoms with Gasteiger partial charge in [0.25, 0.3) is 0 Å². The Morgan fingerprint density at radius 3 is 2.93 bits per heavy atom. The van der Waals surface area contributed by atoms with Crippen molar-refractivity contribution < 1.29 is 4.79 Å². The number of rotatable bonds is 4. The highest BCUT2D eigenvalue weighted by Crippen LogP contribution is 2.27. The molecule has 0 amide bonds. The molecular formula is C11H17N3O. The van der Waals surface area contributed by atoms with Gasteiger partial charge >= 0.3 is 0 Å². The third kappa shape index (κ3) is 2.08. The van der Waals surface area contributed by atoms with E-state index < -0.39 is 0 Å². The summed E-state index contributed by atoms with van der Waals surface area (Å²) in [4.78, 5) is 12.1. The van der Waals surface area contributed by atoms with Crippen LogP contribution in [-0.2, 0) is 6.54 Å². The lowest BCUT2D eigenvalue weighted by Crippen LogP contribution is -2.17. The van der Waals surface area contributed by atoms with Crippen molar-refractivity contribution in [1.82, 2.24) is 15.0 Å². The Morgan fingerprint density at radius 1 is 1.53 bits per heavy atom. The van der Waals surface area contributed by atoms with E-state index in [1.54, 1.807) is 10.9 Å². The highest BCUT2D eigenvalue weighted by atomic mass is 16.1. The van der Waals surface area contributed by atoms with Crippen LogP contribution in [0.1, 0.15) is 49.5 Å². The summed E-state index contributed by atoms with van der Waals surface area (Å²) in [6, 6.07) is 0. The molecule has 1 heterocycles. The average molecular weight is 207 g/mol. The fourth-order valence-corrected chi connectivity index (χ4v) is 2.22. The SMILES string of the molecule is CCCn1nncc1C(=O)C1CCCC1. The van der Waals surface area contributed by atoms with Crippen LogP contribution >= 0.6 is 0 Å². The fourth-order valence-electron chi connectivity index (χ4n) is 2.22. The molecule has 0 bridgehead atoms. The van der Waals surface area contributed by atoms with Gasteiger partial charge in [0, 0.05) is 12.5 Å². The molecule has 1 aromatic rings. The first-order chi connectivity index (χ1) is 7.33. The Morgan fingerprint density at radius 2 is 2.27 bits per heavy atom. The average Bonchev–Trinajstić information content (AvgIpc) is 2.87. The van der Waals surface area contributed by atoms with E-state index in [1.165, 1.54) is 12.8 Å². The highest BCUT2D eigenvalue weighted by molar-refractivity contribution is 5.96. The molecule has 0 N–H and O–H groups in total. The van der Waals surface area contributed by atoms with Gasteiger partial charge in [-0.3, -0.25) is 4.79 Å². The zero-order chi connectivity index (χ0) is 10.7. The molecule has 1 fully saturated rings. The Hall–Kier alpha value is -1.19. The fraction of sp³-hybridized carbons (Fsp3) is 0.727. The molecule has 0 saturated heterocycles. The van der Waals surface area contributed by atoms with E-state index in [0.717, 1.165) is 25.8 Å². The number of ketones is 1. The zero-order valence-corrected chi connectivity index (χ0v) is 9.15. The van der Waals surface area contributed by atoms with Crippen molar-refractivity contribution >= 4 is 5.78 Å². The van der Waals surface area contributed by atoms with Crippen LogP contribution in [0.5, 0.6) is 0 Å². The molecule has 0 atom stereocenters. The van der Waals surface area contributed by atoms with Crippen LogP contribution in [0.15, 0.2) is 6.20 Å².